The average molecular weight is 280 g/mol. The van der Waals surface area contributed by atoms with Gasteiger partial charge in [-0.25, -0.2) is 0 Å². The van der Waals surface area contributed by atoms with Crippen LogP contribution in [0.4, 0.5) is 0 Å². The lowest BCUT2D eigenvalue weighted by Gasteiger charge is -2.09. The molecular formula is C13H14ClN3O2. The van der Waals surface area contributed by atoms with Crippen molar-refractivity contribution in [2.24, 2.45) is 5.73 Å². The summed E-state index contributed by atoms with van der Waals surface area (Å²) in [6, 6.07) is 5.38. The van der Waals surface area contributed by atoms with E-state index in [0.717, 1.165) is 5.57 Å². The summed E-state index contributed by atoms with van der Waals surface area (Å²) in [4.78, 5) is 4.14. The summed E-state index contributed by atoms with van der Waals surface area (Å²) in [5, 5.41) is 4.27. The molecule has 0 saturated heterocycles. The quantitative estimate of drug-likeness (QED) is 0.852. The summed E-state index contributed by atoms with van der Waals surface area (Å²) in [5.41, 5.74) is 6.98. The molecule has 1 aromatic carbocycles. The molecule has 0 unspecified atom stereocenters. The zero-order valence-electron chi connectivity index (χ0n) is 10.5. The SMILES string of the molecule is C=C(C)COc1cccc(-c2noc(CN)n2)c1Cl. The first-order chi connectivity index (χ1) is 9.11. The van der Waals surface area contributed by atoms with Gasteiger partial charge in [-0.2, -0.15) is 4.98 Å². The van der Waals surface area contributed by atoms with Gasteiger partial charge in [-0.1, -0.05) is 29.4 Å². The Morgan fingerprint density at radius 2 is 2.32 bits per heavy atom. The Balaban J connectivity index is 2.31. The van der Waals surface area contributed by atoms with E-state index in [4.69, 9.17) is 26.6 Å². The first-order valence-corrected chi connectivity index (χ1v) is 6.08. The summed E-state index contributed by atoms with van der Waals surface area (Å²) >= 11 is 6.27. The van der Waals surface area contributed by atoms with E-state index >= 15 is 0 Å². The Morgan fingerprint density at radius 3 is 2.95 bits per heavy atom. The Morgan fingerprint density at radius 1 is 1.53 bits per heavy atom. The number of rotatable bonds is 5. The van der Waals surface area contributed by atoms with Crippen LogP contribution in [0.1, 0.15) is 12.8 Å². The van der Waals surface area contributed by atoms with E-state index in [1.807, 2.05) is 13.0 Å². The lowest BCUT2D eigenvalue weighted by Crippen LogP contribution is -1.99. The third-order valence-electron chi connectivity index (χ3n) is 2.32. The molecule has 19 heavy (non-hydrogen) atoms. The molecule has 0 aliphatic heterocycles. The van der Waals surface area contributed by atoms with Gasteiger partial charge >= 0.3 is 0 Å². The summed E-state index contributed by atoms with van der Waals surface area (Å²) in [5.74, 6) is 1.31. The monoisotopic (exact) mass is 279 g/mol. The predicted octanol–water partition coefficient (Wildman–Crippen LogP) is 2.80. The van der Waals surface area contributed by atoms with Crippen molar-refractivity contribution in [3.05, 3.63) is 41.3 Å². The lowest BCUT2D eigenvalue weighted by molar-refractivity contribution is 0.353. The molecule has 2 N–H and O–H groups in total. The van der Waals surface area contributed by atoms with Crippen LogP contribution in [0.2, 0.25) is 5.02 Å². The molecule has 100 valence electrons. The van der Waals surface area contributed by atoms with Crippen molar-refractivity contribution >= 4 is 11.6 Å². The van der Waals surface area contributed by atoms with E-state index in [1.54, 1.807) is 12.1 Å². The third-order valence-corrected chi connectivity index (χ3v) is 2.71. The maximum atomic E-state index is 6.27. The molecule has 5 nitrogen and oxygen atoms in total. The fourth-order valence-electron chi connectivity index (χ4n) is 1.44. The molecule has 2 aromatic rings. The summed E-state index contributed by atoms with van der Waals surface area (Å²) in [6.45, 7) is 6.25. The molecule has 0 saturated carbocycles. The van der Waals surface area contributed by atoms with Crippen molar-refractivity contribution in [3.63, 3.8) is 0 Å². The Hall–Kier alpha value is -1.85. The van der Waals surface area contributed by atoms with Crippen molar-refractivity contribution in [2.75, 3.05) is 6.61 Å². The van der Waals surface area contributed by atoms with Gasteiger partial charge in [-0.3, -0.25) is 0 Å². The average Bonchev–Trinajstić information content (AvgIpc) is 2.86. The van der Waals surface area contributed by atoms with Gasteiger partial charge in [0.25, 0.3) is 0 Å². The predicted molar refractivity (Wildman–Crippen MR) is 72.9 cm³/mol. The molecule has 0 bridgehead atoms. The van der Waals surface area contributed by atoms with Gasteiger partial charge in [0.15, 0.2) is 0 Å². The fourth-order valence-corrected chi connectivity index (χ4v) is 1.71. The molecule has 0 fully saturated rings. The van der Waals surface area contributed by atoms with Crippen LogP contribution in [0.5, 0.6) is 5.75 Å². The number of aromatic nitrogens is 2. The normalized spacial score (nSPS) is 10.5. The van der Waals surface area contributed by atoms with E-state index in [1.165, 1.54) is 0 Å². The molecular weight excluding hydrogens is 266 g/mol. The van der Waals surface area contributed by atoms with Crippen LogP contribution in [0, 0.1) is 0 Å². The standard InChI is InChI=1S/C13H14ClN3O2/c1-8(2)7-18-10-5-3-4-9(12(10)14)13-16-11(6-15)19-17-13/h3-5H,1,6-7,15H2,2H3. The summed E-state index contributed by atoms with van der Waals surface area (Å²) in [7, 11) is 0. The number of nitrogens with two attached hydrogens (primary N) is 1. The van der Waals surface area contributed by atoms with E-state index in [-0.39, 0.29) is 6.54 Å². The number of ether oxygens (including phenoxy) is 1. The Labute approximate surface area is 116 Å². The van der Waals surface area contributed by atoms with Gasteiger partial charge in [-0.15, -0.1) is 0 Å². The van der Waals surface area contributed by atoms with Gasteiger partial charge in [0.05, 0.1) is 11.6 Å². The highest BCUT2D eigenvalue weighted by atomic mass is 35.5. The minimum atomic E-state index is 0.191. The molecule has 0 spiro atoms. The van der Waals surface area contributed by atoms with Gasteiger partial charge in [0, 0.05) is 5.56 Å². The van der Waals surface area contributed by atoms with Crippen LogP contribution in [-0.4, -0.2) is 16.7 Å². The minimum absolute atomic E-state index is 0.191. The fraction of sp³-hybridized carbons (Fsp3) is 0.231. The highest BCUT2D eigenvalue weighted by Gasteiger charge is 2.14. The zero-order valence-corrected chi connectivity index (χ0v) is 11.3. The third kappa shape index (κ3) is 3.13. The molecule has 1 aromatic heterocycles. The number of hydrogen-bond donors (Lipinski definition) is 1. The molecule has 1 heterocycles. The highest BCUT2D eigenvalue weighted by Crippen LogP contribution is 2.34. The second kappa shape index (κ2) is 5.86. The summed E-state index contributed by atoms with van der Waals surface area (Å²) < 4.78 is 10.5. The molecule has 6 heteroatoms. The molecule has 0 atom stereocenters. The van der Waals surface area contributed by atoms with E-state index < -0.39 is 0 Å². The second-order valence-electron chi connectivity index (χ2n) is 4.08. The first-order valence-electron chi connectivity index (χ1n) is 5.70. The van der Waals surface area contributed by atoms with Crippen LogP contribution in [0.3, 0.4) is 0 Å². The van der Waals surface area contributed by atoms with Crippen LogP contribution in [0.15, 0.2) is 34.9 Å². The molecule has 0 radical (unpaired) electrons. The second-order valence-corrected chi connectivity index (χ2v) is 4.46. The van der Waals surface area contributed by atoms with Crippen molar-refractivity contribution < 1.29 is 9.26 Å². The van der Waals surface area contributed by atoms with Crippen LogP contribution >= 0.6 is 11.6 Å². The molecule has 0 aliphatic carbocycles. The highest BCUT2D eigenvalue weighted by molar-refractivity contribution is 6.34. The van der Waals surface area contributed by atoms with E-state index in [2.05, 4.69) is 16.7 Å². The van der Waals surface area contributed by atoms with Crippen molar-refractivity contribution in [1.82, 2.24) is 10.1 Å². The number of benzene rings is 1. The Bertz CT molecular complexity index is 595. The van der Waals surface area contributed by atoms with Crippen molar-refractivity contribution in [2.45, 2.75) is 13.5 Å². The molecule has 0 aliphatic rings. The first kappa shape index (κ1) is 13.6. The van der Waals surface area contributed by atoms with Gasteiger partial charge < -0.3 is 15.0 Å². The van der Waals surface area contributed by atoms with Gasteiger partial charge in [0.2, 0.25) is 11.7 Å². The van der Waals surface area contributed by atoms with Crippen LogP contribution in [-0.2, 0) is 6.54 Å². The van der Waals surface area contributed by atoms with Crippen LogP contribution < -0.4 is 10.5 Å². The van der Waals surface area contributed by atoms with E-state index in [9.17, 15) is 0 Å². The maximum absolute atomic E-state index is 6.27. The lowest BCUT2D eigenvalue weighted by atomic mass is 10.2. The zero-order chi connectivity index (χ0) is 13.8. The largest absolute Gasteiger partial charge is 0.488 e. The summed E-state index contributed by atoms with van der Waals surface area (Å²) in [6.07, 6.45) is 0. The Kier molecular flexibility index (Phi) is 4.19. The number of hydrogen-bond acceptors (Lipinski definition) is 5. The topological polar surface area (TPSA) is 74.2 Å². The van der Waals surface area contributed by atoms with Crippen molar-refractivity contribution in [1.29, 1.82) is 0 Å². The maximum Gasteiger partial charge on any atom is 0.240 e. The smallest absolute Gasteiger partial charge is 0.240 e. The van der Waals surface area contributed by atoms with E-state index in [0.29, 0.717) is 34.7 Å². The number of nitrogens with zero attached hydrogens (tertiary/aromatic N) is 2. The van der Waals surface area contributed by atoms with Gasteiger partial charge in [-0.05, 0) is 24.6 Å². The number of halogens is 1. The van der Waals surface area contributed by atoms with Crippen molar-refractivity contribution in [3.8, 4) is 17.1 Å². The van der Waals surface area contributed by atoms with Gasteiger partial charge in [0.1, 0.15) is 12.4 Å². The minimum Gasteiger partial charge on any atom is -0.488 e. The molecule has 0 amide bonds. The van der Waals surface area contributed by atoms with Crippen LogP contribution in [0.25, 0.3) is 11.4 Å². The molecule has 2 rings (SSSR count).